The van der Waals surface area contributed by atoms with E-state index in [1.54, 1.807) is 13.2 Å². The average molecular weight is 266 g/mol. The second kappa shape index (κ2) is 5.46. The van der Waals surface area contributed by atoms with Crippen LogP contribution in [0.4, 0.5) is 0 Å². The molecule has 0 fully saturated rings. The fraction of sp³-hybridized carbons (Fsp3) is 0.286. The molecule has 0 amide bonds. The summed E-state index contributed by atoms with van der Waals surface area (Å²) in [5.74, 6) is 2.39. The molecule has 2 rings (SSSR count). The Balaban J connectivity index is 2.39. The molecule has 1 aromatic carbocycles. The van der Waals surface area contributed by atoms with E-state index < -0.39 is 0 Å². The average Bonchev–Trinajstić information content (AvgIpc) is 2.88. The Hall–Kier alpha value is -1.45. The van der Waals surface area contributed by atoms with Crippen LogP contribution in [0, 0.1) is 0 Å². The van der Waals surface area contributed by atoms with Crippen LogP contribution in [0.5, 0.6) is 5.75 Å². The van der Waals surface area contributed by atoms with Gasteiger partial charge in [-0.15, -0.1) is 0 Å². The number of benzene rings is 1. The van der Waals surface area contributed by atoms with Gasteiger partial charge in [-0.05, 0) is 44.3 Å². The summed E-state index contributed by atoms with van der Waals surface area (Å²) in [6.07, 6.45) is 0. The van der Waals surface area contributed by atoms with Gasteiger partial charge < -0.3 is 14.5 Å². The van der Waals surface area contributed by atoms with Crippen LogP contribution in [0.2, 0.25) is 5.02 Å². The number of ether oxygens (including phenoxy) is 1. The van der Waals surface area contributed by atoms with Gasteiger partial charge in [0.2, 0.25) is 0 Å². The standard InChI is InChI=1S/C14H16ClNO2/c1-9(16-2)13-6-7-14(18-13)11-8-10(17-3)4-5-12(11)15/h4-9,16H,1-3H3. The monoisotopic (exact) mass is 265 g/mol. The predicted octanol–water partition coefficient (Wildman–Crippen LogP) is 3.89. The Kier molecular flexibility index (Phi) is 3.94. The van der Waals surface area contributed by atoms with Crippen molar-refractivity contribution in [1.82, 2.24) is 5.32 Å². The first-order valence-corrected chi connectivity index (χ1v) is 6.14. The number of halogens is 1. The first kappa shape index (κ1) is 13.0. The second-order valence-electron chi connectivity index (χ2n) is 4.06. The zero-order valence-electron chi connectivity index (χ0n) is 10.7. The van der Waals surface area contributed by atoms with E-state index in [1.807, 2.05) is 38.2 Å². The lowest BCUT2D eigenvalue weighted by molar-refractivity contribution is 0.414. The van der Waals surface area contributed by atoms with E-state index in [0.717, 1.165) is 22.8 Å². The first-order chi connectivity index (χ1) is 8.65. The molecule has 1 N–H and O–H groups in total. The highest BCUT2D eigenvalue weighted by atomic mass is 35.5. The largest absolute Gasteiger partial charge is 0.497 e. The van der Waals surface area contributed by atoms with E-state index in [-0.39, 0.29) is 6.04 Å². The normalized spacial score (nSPS) is 12.4. The van der Waals surface area contributed by atoms with Crippen LogP contribution < -0.4 is 10.1 Å². The van der Waals surface area contributed by atoms with Crippen molar-refractivity contribution in [3.63, 3.8) is 0 Å². The molecule has 1 atom stereocenters. The summed E-state index contributed by atoms with van der Waals surface area (Å²) in [6.45, 7) is 2.04. The van der Waals surface area contributed by atoms with E-state index in [1.165, 1.54) is 0 Å². The summed E-state index contributed by atoms with van der Waals surface area (Å²) >= 11 is 6.18. The van der Waals surface area contributed by atoms with Gasteiger partial charge in [0, 0.05) is 5.56 Å². The lowest BCUT2D eigenvalue weighted by Gasteiger charge is -2.07. The van der Waals surface area contributed by atoms with Crippen LogP contribution in [0.3, 0.4) is 0 Å². The molecule has 0 aliphatic carbocycles. The van der Waals surface area contributed by atoms with Crippen molar-refractivity contribution in [2.45, 2.75) is 13.0 Å². The van der Waals surface area contributed by atoms with Gasteiger partial charge in [0.05, 0.1) is 18.2 Å². The molecule has 0 bridgehead atoms. The van der Waals surface area contributed by atoms with Gasteiger partial charge in [0.1, 0.15) is 17.3 Å². The van der Waals surface area contributed by atoms with Gasteiger partial charge >= 0.3 is 0 Å². The van der Waals surface area contributed by atoms with Crippen LogP contribution in [0.1, 0.15) is 18.7 Å². The number of methoxy groups -OCH3 is 1. The van der Waals surface area contributed by atoms with Crippen molar-refractivity contribution in [3.05, 3.63) is 41.1 Å². The summed E-state index contributed by atoms with van der Waals surface area (Å²) < 4.78 is 11.0. The molecular weight excluding hydrogens is 250 g/mol. The number of nitrogens with one attached hydrogen (secondary N) is 1. The molecule has 0 spiro atoms. The van der Waals surface area contributed by atoms with Crippen LogP contribution >= 0.6 is 11.6 Å². The summed E-state index contributed by atoms with van der Waals surface area (Å²) in [6, 6.07) is 9.54. The minimum atomic E-state index is 0.170. The van der Waals surface area contributed by atoms with Crippen molar-refractivity contribution in [1.29, 1.82) is 0 Å². The number of rotatable bonds is 4. The summed E-state index contributed by atoms with van der Waals surface area (Å²) in [5.41, 5.74) is 0.838. The molecule has 18 heavy (non-hydrogen) atoms. The highest BCUT2D eigenvalue weighted by Crippen LogP contribution is 2.33. The topological polar surface area (TPSA) is 34.4 Å². The van der Waals surface area contributed by atoms with Crippen molar-refractivity contribution >= 4 is 11.6 Å². The molecule has 1 heterocycles. The van der Waals surface area contributed by atoms with Crippen LogP contribution in [0.15, 0.2) is 34.7 Å². The third kappa shape index (κ3) is 2.52. The minimum Gasteiger partial charge on any atom is -0.497 e. The van der Waals surface area contributed by atoms with E-state index in [0.29, 0.717) is 5.02 Å². The van der Waals surface area contributed by atoms with Crippen LogP contribution in [-0.2, 0) is 0 Å². The van der Waals surface area contributed by atoms with Crippen molar-refractivity contribution in [2.24, 2.45) is 0 Å². The molecule has 0 aliphatic heterocycles. The Morgan fingerprint density at radius 3 is 2.72 bits per heavy atom. The van der Waals surface area contributed by atoms with Crippen LogP contribution in [0.25, 0.3) is 11.3 Å². The third-order valence-electron chi connectivity index (χ3n) is 2.93. The van der Waals surface area contributed by atoms with E-state index in [9.17, 15) is 0 Å². The molecule has 0 saturated carbocycles. The Morgan fingerprint density at radius 2 is 2.06 bits per heavy atom. The zero-order valence-corrected chi connectivity index (χ0v) is 11.4. The second-order valence-corrected chi connectivity index (χ2v) is 4.47. The molecule has 0 aliphatic rings. The summed E-state index contributed by atoms with van der Waals surface area (Å²) in [7, 11) is 3.52. The van der Waals surface area contributed by atoms with Gasteiger partial charge in [-0.1, -0.05) is 11.6 Å². The van der Waals surface area contributed by atoms with Gasteiger partial charge in [0.25, 0.3) is 0 Å². The molecule has 0 radical (unpaired) electrons. The fourth-order valence-corrected chi connectivity index (χ4v) is 1.90. The predicted molar refractivity (Wildman–Crippen MR) is 73.2 cm³/mol. The molecule has 2 aromatic rings. The quantitative estimate of drug-likeness (QED) is 0.911. The summed E-state index contributed by atoms with van der Waals surface area (Å²) in [5, 5.41) is 3.78. The molecule has 96 valence electrons. The van der Waals surface area contributed by atoms with E-state index in [2.05, 4.69) is 5.32 Å². The maximum absolute atomic E-state index is 6.18. The van der Waals surface area contributed by atoms with Gasteiger partial charge in [0.15, 0.2) is 0 Å². The number of furan rings is 1. The van der Waals surface area contributed by atoms with E-state index >= 15 is 0 Å². The van der Waals surface area contributed by atoms with Crippen molar-refractivity contribution < 1.29 is 9.15 Å². The van der Waals surface area contributed by atoms with Gasteiger partial charge in [-0.25, -0.2) is 0 Å². The first-order valence-electron chi connectivity index (χ1n) is 5.76. The van der Waals surface area contributed by atoms with E-state index in [4.69, 9.17) is 20.8 Å². The van der Waals surface area contributed by atoms with Gasteiger partial charge in [-0.3, -0.25) is 0 Å². The van der Waals surface area contributed by atoms with Crippen molar-refractivity contribution in [2.75, 3.05) is 14.2 Å². The summed E-state index contributed by atoms with van der Waals surface area (Å²) in [4.78, 5) is 0. The Labute approximate surface area is 112 Å². The SMILES string of the molecule is CNC(C)c1ccc(-c2cc(OC)ccc2Cl)o1. The zero-order chi connectivity index (χ0) is 13.1. The van der Waals surface area contributed by atoms with Crippen LogP contribution in [-0.4, -0.2) is 14.2 Å². The Morgan fingerprint density at radius 1 is 1.28 bits per heavy atom. The Bertz CT molecular complexity index is 536. The number of hydrogen-bond donors (Lipinski definition) is 1. The highest BCUT2D eigenvalue weighted by Gasteiger charge is 2.12. The molecule has 0 saturated heterocycles. The van der Waals surface area contributed by atoms with Crippen molar-refractivity contribution in [3.8, 4) is 17.1 Å². The molecule has 4 heteroatoms. The maximum Gasteiger partial charge on any atom is 0.135 e. The lowest BCUT2D eigenvalue weighted by atomic mass is 10.1. The molecular formula is C14H16ClNO2. The molecule has 1 aromatic heterocycles. The minimum absolute atomic E-state index is 0.170. The highest BCUT2D eigenvalue weighted by molar-refractivity contribution is 6.33. The third-order valence-corrected chi connectivity index (χ3v) is 3.26. The fourth-order valence-electron chi connectivity index (χ4n) is 1.69. The van der Waals surface area contributed by atoms with Gasteiger partial charge in [-0.2, -0.15) is 0 Å². The molecule has 3 nitrogen and oxygen atoms in total. The molecule has 1 unspecified atom stereocenters. The number of hydrogen-bond acceptors (Lipinski definition) is 3. The lowest BCUT2D eigenvalue weighted by Crippen LogP contribution is -2.10. The smallest absolute Gasteiger partial charge is 0.135 e. The maximum atomic E-state index is 6.18.